The van der Waals surface area contributed by atoms with Gasteiger partial charge in [-0.05, 0) is 63.2 Å². The first kappa shape index (κ1) is 16.2. The Morgan fingerprint density at radius 3 is 2.71 bits per heavy atom. The second-order valence-electron chi connectivity index (χ2n) is 6.04. The van der Waals surface area contributed by atoms with Crippen LogP contribution in [0.3, 0.4) is 0 Å². The minimum Gasteiger partial charge on any atom is -0.303 e. The van der Waals surface area contributed by atoms with E-state index in [1.165, 1.54) is 36.9 Å². The van der Waals surface area contributed by atoms with Gasteiger partial charge in [0.05, 0.1) is 0 Å². The normalized spacial score (nSPS) is 21.7. The van der Waals surface area contributed by atoms with Gasteiger partial charge in [-0.1, -0.05) is 32.0 Å². The summed E-state index contributed by atoms with van der Waals surface area (Å²) >= 11 is 0. The zero-order chi connectivity index (χ0) is 15.2. The van der Waals surface area contributed by atoms with Crippen molar-refractivity contribution in [2.24, 2.45) is 0 Å². The summed E-state index contributed by atoms with van der Waals surface area (Å²) < 4.78 is 0. The van der Waals surface area contributed by atoms with Crippen LogP contribution in [0, 0.1) is 0 Å². The predicted octanol–water partition coefficient (Wildman–Crippen LogP) is 4.26. The molecule has 1 aromatic carbocycles. The number of Topliss-reactive ketones (excluding diaryl/α,β-unsaturated/α-hetero) is 1. The van der Waals surface area contributed by atoms with E-state index < -0.39 is 0 Å². The van der Waals surface area contributed by atoms with Crippen molar-refractivity contribution in [1.29, 1.82) is 0 Å². The number of aryl methyl sites for hydroxylation is 1. The lowest BCUT2D eigenvalue weighted by Crippen LogP contribution is -2.25. The Balaban J connectivity index is 0.000000774. The molecule has 1 heterocycles. The van der Waals surface area contributed by atoms with Gasteiger partial charge >= 0.3 is 0 Å². The molecule has 1 unspecified atom stereocenters. The molecule has 0 saturated carbocycles. The zero-order valence-corrected chi connectivity index (χ0v) is 13.8. The van der Waals surface area contributed by atoms with Crippen LogP contribution in [0.25, 0.3) is 0 Å². The number of hydrogen-bond donors (Lipinski definition) is 0. The van der Waals surface area contributed by atoms with Crippen molar-refractivity contribution in [3.63, 3.8) is 0 Å². The maximum absolute atomic E-state index is 11.9. The summed E-state index contributed by atoms with van der Waals surface area (Å²) in [6.07, 6.45) is 7.91. The first-order chi connectivity index (χ1) is 10.3. The summed E-state index contributed by atoms with van der Waals surface area (Å²) in [6, 6.07) is 7.06. The van der Waals surface area contributed by atoms with Gasteiger partial charge in [-0.2, -0.15) is 0 Å². The maximum atomic E-state index is 11.9. The zero-order valence-electron chi connectivity index (χ0n) is 13.8. The van der Waals surface area contributed by atoms with Gasteiger partial charge in [0, 0.05) is 18.0 Å². The van der Waals surface area contributed by atoms with Crippen LogP contribution in [0.15, 0.2) is 18.2 Å². The molecular weight excluding hydrogens is 258 g/mol. The van der Waals surface area contributed by atoms with E-state index in [1.807, 2.05) is 19.9 Å². The van der Waals surface area contributed by atoms with Crippen LogP contribution < -0.4 is 0 Å². The van der Waals surface area contributed by atoms with Gasteiger partial charge in [0.25, 0.3) is 0 Å². The van der Waals surface area contributed by atoms with Crippen LogP contribution in [0.5, 0.6) is 0 Å². The minimum atomic E-state index is 0.348. The number of benzene rings is 1. The van der Waals surface area contributed by atoms with Crippen LogP contribution in [0.1, 0.15) is 67.4 Å². The molecule has 1 aliphatic heterocycles. The number of rotatable bonds is 3. The van der Waals surface area contributed by atoms with E-state index in [0.717, 1.165) is 37.3 Å². The molecule has 0 bridgehead atoms. The molecule has 3 rings (SSSR count). The molecule has 1 fully saturated rings. The Labute approximate surface area is 129 Å². The van der Waals surface area contributed by atoms with E-state index >= 15 is 0 Å². The fourth-order valence-electron chi connectivity index (χ4n) is 3.65. The molecule has 2 nitrogen and oxygen atoms in total. The molecule has 1 saturated heterocycles. The van der Waals surface area contributed by atoms with Crippen molar-refractivity contribution in [3.05, 3.63) is 34.9 Å². The van der Waals surface area contributed by atoms with Gasteiger partial charge in [0.2, 0.25) is 0 Å². The van der Waals surface area contributed by atoms with Crippen LogP contribution in [0.2, 0.25) is 0 Å². The fourth-order valence-corrected chi connectivity index (χ4v) is 3.65. The Morgan fingerprint density at radius 1 is 1.19 bits per heavy atom. The topological polar surface area (TPSA) is 20.3 Å². The van der Waals surface area contributed by atoms with Crippen LogP contribution >= 0.6 is 0 Å². The molecule has 21 heavy (non-hydrogen) atoms. The highest BCUT2D eigenvalue weighted by Crippen LogP contribution is 2.27. The SMILES string of the molecule is CC.CN1CCCC1CCc1cccc2c1CCCC2=O. The molecule has 0 N–H and O–H groups in total. The fraction of sp³-hybridized carbons (Fsp3) is 0.632. The lowest BCUT2D eigenvalue weighted by atomic mass is 9.85. The van der Waals surface area contributed by atoms with Gasteiger partial charge < -0.3 is 4.90 Å². The number of likely N-dealkylation sites (tertiary alicyclic amines) is 1. The Kier molecular flexibility index (Phi) is 5.98. The predicted molar refractivity (Wildman–Crippen MR) is 89.0 cm³/mol. The number of ketones is 1. The van der Waals surface area contributed by atoms with E-state index in [9.17, 15) is 4.79 Å². The largest absolute Gasteiger partial charge is 0.303 e. The molecule has 2 aliphatic rings. The van der Waals surface area contributed by atoms with Crippen molar-refractivity contribution in [1.82, 2.24) is 4.90 Å². The van der Waals surface area contributed by atoms with E-state index in [2.05, 4.69) is 24.1 Å². The van der Waals surface area contributed by atoms with Gasteiger partial charge in [-0.3, -0.25) is 4.79 Å². The molecule has 0 spiro atoms. The van der Waals surface area contributed by atoms with Crippen molar-refractivity contribution < 1.29 is 4.79 Å². The highest BCUT2D eigenvalue weighted by Gasteiger charge is 2.22. The number of carbonyl (C=O) groups excluding carboxylic acids is 1. The van der Waals surface area contributed by atoms with Crippen LogP contribution in [-0.2, 0) is 12.8 Å². The lowest BCUT2D eigenvalue weighted by molar-refractivity contribution is 0.0972. The molecule has 1 aromatic rings. The average molecular weight is 287 g/mol. The third-order valence-electron chi connectivity index (χ3n) is 4.82. The third kappa shape index (κ3) is 3.74. The number of nitrogens with zero attached hydrogens (tertiary/aromatic N) is 1. The molecule has 0 radical (unpaired) electrons. The molecule has 1 aliphatic carbocycles. The lowest BCUT2D eigenvalue weighted by Gasteiger charge is -2.22. The highest BCUT2D eigenvalue weighted by atomic mass is 16.1. The summed E-state index contributed by atoms with van der Waals surface area (Å²) in [5.41, 5.74) is 3.77. The summed E-state index contributed by atoms with van der Waals surface area (Å²) in [5, 5.41) is 0. The summed E-state index contributed by atoms with van der Waals surface area (Å²) in [4.78, 5) is 14.4. The second-order valence-corrected chi connectivity index (χ2v) is 6.04. The van der Waals surface area contributed by atoms with Crippen LogP contribution in [0.4, 0.5) is 0 Å². The molecule has 0 aromatic heterocycles. The average Bonchev–Trinajstić information content (AvgIpc) is 2.93. The van der Waals surface area contributed by atoms with E-state index in [4.69, 9.17) is 0 Å². The monoisotopic (exact) mass is 287 g/mol. The van der Waals surface area contributed by atoms with Crippen molar-refractivity contribution in [2.45, 2.75) is 64.8 Å². The maximum Gasteiger partial charge on any atom is 0.163 e. The quantitative estimate of drug-likeness (QED) is 0.828. The highest BCUT2D eigenvalue weighted by molar-refractivity contribution is 5.98. The standard InChI is InChI=1S/C17H23NO.C2H6/c1-18-12-4-6-14(18)11-10-13-5-2-8-16-15(13)7-3-9-17(16)19;1-2/h2,5,8,14H,3-4,6-7,9-12H2,1H3;1-2H3. The van der Waals surface area contributed by atoms with E-state index in [-0.39, 0.29) is 0 Å². The van der Waals surface area contributed by atoms with Gasteiger partial charge in [-0.25, -0.2) is 0 Å². The molecular formula is C19H29NO. The van der Waals surface area contributed by atoms with Crippen molar-refractivity contribution in [3.8, 4) is 0 Å². The first-order valence-electron chi connectivity index (χ1n) is 8.60. The van der Waals surface area contributed by atoms with Crippen molar-refractivity contribution >= 4 is 5.78 Å². The summed E-state index contributed by atoms with van der Waals surface area (Å²) in [6.45, 7) is 5.25. The Bertz CT molecular complexity index is 480. The van der Waals surface area contributed by atoms with Gasteiger partial charge in [-0.15, -0.1) is 0 Å². The van der Waals surface area contributed by atoms with Crippen LogP contribution in [-0.4, -0.2) is 30.3 Å². The smallest absolute Gasteiger partial charge is 0.163 e. The number of hydrogen-bond acceptors (Lipinski definition) is 2. The Morgan fingerprint density at radius 2 is 2.00 bits per heavy atom. The molecule has 0 amide bonds. The van der Waals surface area contributed by atoms with Crippen molar-refractivity contribution in [2.75, 3.05) is 13.6 Å². The van der Waals surface area contributed by atoms with Gasteiger partial charge in [0.15, 0.2) is 5.78 Å². The summed E-state index contributed by atoms with van der Waals surface area (Å²) in [5.74, 6) is 0.348. The van der Waals surface area contributed by atoms with E-state index in [0.29, 0.717) is 5.78 Å². The third-order valence-corrected chi connectivity index (χ3v) is 4.82. The minimum absolute atomic E-state index is 0.348. The second kappa shape index (κ2) is 7.74. The van der Waals surface area contributed by atoms with Gasteiger partial charge in [0.1, 0.15) is 0 Å². The molecule has 1 atom stereocenters. The number of fused-ring (bicyclic) bond motifs is 1. The first-order valence-corrected chi connectivity index (χ1v) is 8.60. The molecule has 116 valence electrons. The number of carbonyl (C=O) groups is 1. The Hall–Kier alpha value is -1.15. The summed E-state index contributed by atoms with van der Waals surface area (Å²) in [7, 11) is 2.24. The van der Waals surface area contributed by atoms with E-state index in [1.54, 1.807) is 0 Å². The molecule has 2 heteroatoms.